The molecular weight excluding hydrogens is 320 g/mol. The molecule has 0 unspecified atom stereocenters. The molecule has 0 amide bonds. The Hall–Kier alpha value is 0.0569. The topological polar surface area (TPSA) is 36.9 Å². The van der Waals surface area contributed by atoms with Crippen LogP contribution < -0.4 is 0 Å². The lowest BCUT2D eigenvalue weighted by molar-refractivity contribution is -0.0246. The molecule has 0 aromatic carbocycles. The molecule has 5 heteroatoms. The van der Waals surface area contributed by atoms with Gasteiger partial charge in [-0.15, -0.1) is 0 Å². The van der Waals surface area contributed by atoms with Gasteiger partial charge in [0.2, 0.25) is 0 Å². The third-order valence-corrected chi connectivity index (χ3v) is 6.25. The predicted molar refractivity (Wildman–Crippen MR) is 103 cm³/mol. The fourth-order valence-corrected chi connectivity index (χ4v) is 4.27. The highest BCUT2D eigenvalue weighted by molar-refractivity contribution is 6.53. The summed E-state index contributed by atoms with van der Waals surface area (Å²) >= 11 is 0. The number of hydrogen-bond donors (Lipinski definition) is 0. The number of hydrogen-bond acceptors (Lipinski definition) is 4. The van der Waals surface area contributed by atoms with Crippen LogP contribution >= 0.6 is 0 Å². The van der Waals surface area contributed by atoms with Gasteiger partial charge in [0, 0.05) is 26.9 Å². The zero-order valence-corrected chi connectivity index (χ0v) is 17.7. The van der Waals surface area contributed by atoms with Crippen LogP contribution in [0.3, 0.4) is 0 Å². The maximum absolute atomic E-state index is 6.01. The van der Waals surface area contributed by atoms with Gasteiger partial charge in [0.05, 0.1) is 0 Å². The van der Waals surface area contributed by atoms with E-state index in [0.29, 0.717) is 19.8 Å². The van der Waals surface area contributed by atoms with E-state index in [2.05, 4.69) is 20.8 Å². The van der Waals surface area contributed by atoms with Gasteiger partial charge in [-0.2, -0.15) is 0 Å². The van der Waals surface area contributed by atoms with E-state index in [1.165, 1.54) is 57.8 Å². The fraction of sp³-hybridized carbons (Fsp3) is 1.00. The minimum atomic E-state index is -2.95. The SMILES string of the molecule is CCCCCCO[Si](OC)(OCCCCCC)OCCCCCC. The predicted octanol–water partition coefficient (Wildman–Crippen LogP) is 5.86. The quantitative estimate of drug-likeness (QED) is 0.213. The van der Waals surface area contributed by atoms with Gasteiger partial charge < -0.3 is 17.7 Å². The van der Waals surface area contributed by atoms with Crippen molar-refractivity contribution in [1.82, 2.24) is 0 Å². The van der Waals surface area contributed by atoms with Crippen molar-refractivity contribution < 1.29 is 17.7 Å². The molecule has 0 N–H and O–H groups in total. The van der Waals surface area contributed by atoms with E-state index in [-0.39, 0.29) is 0 Å². The minimum Gasteiger partial charge on any atom is -0.355 e. The van der Waals surface area contributed by atoms with E-state index in [0.717, 1.165) is 19.3 Å². The number of unbranched alkanes of at least 4 members (excludes halogenated alkanes) is 9. The van der Waals surface area contributed by atoms with Gasteiger partial charge in [0.1, 0.15) is 0 Å². The van der Waals surface area contributed by atoms with Crippen molar-refractivity contribution in [3.05, 3.63) is 0 Å². The van der Waals surface area contributed by atoms with Crippen LogP contribution in [-0.4, -0.2) is 36.0 Å². The summed E-state index contributed by atoms with van der Waals surface area (Å²) in [6.07, 6.45) is 14.2. The van der Waals surface area contributed by atoms with Crippen molar-refractivity contribution in [2.24, 2.45) is 0 Å². The third-order valence-electron chi connectivity index (χ3n) is 4.08. The largest absolute Gasteiger partial charge is 0.679 e. The smallest absolute Gasteiger partial charge is 0.355 e. The lowest BCUT2D eigenvalue weighted by Gasteiger charge is -2.27. The van der Waals surface area contributed by atoms with E-state index in [1.807, 2.05) is 0 Å². The Morgan fingerprint density at radius 2 is 0.833 bits per heavy atom. The molecule has 0 radical (unpaired) electrons. The van der Waals surface area contributed by atoms with E-state index >= 15 is 0 Å². The molecule has 0 rings (SSSR count). The summed E-state index contributed by atoms with van der Waals surface area (Å²) in [4.78, 5) is 0. The Bertz CT molecular complexity index is 215. The first-order valence-electron chi connectivity index (χ1n) is 10.2. The van der Waals surface area contributed by atoms with Crippen molar-refractivity contribution in [3.63, 3.8) is 0 Å². The molecule has 0 atom stereocenters. The Balaban J connectivity index is 4.23. The summed E-state index contributed by atoms with van der Waals surface area (Å²) in [5.41, 5.74) is 0. The Labute approximate surface area is 152 Å². The normalized spacial score (nSPS) is 12.0. The van der Waals surface area contributed by atoms with Gasteiger partial charge in [-0.3, -0.25) is 0 Å². The average Bonchev–Trinajstić information content (AvgIpc) is 2.60. The molecule has 0 heterocycles. The zero-order valence-electron chi connectivity index (χ0n) is 16.7. The molecule has 0 fully saturated rings. The first-order chi connectivity index (χ1) is 11.7. The van der Waals surface area contributed by atoms with E-state index in [9.17, 15) is 0 Å². The second-order valence-corrected chi connectivity index (χ2v) is 8.71. The molecular formula is C19H42O4Si. The van der Waals surface area contributed by atoms with Gasteiger partial charge in [-0.05, 0) is 19.3 Å². The van der Waals surface area contributed by atoms with Crippen LogP contribution in [0.4, 0.5) is 0 Å². The Morgan fingerprint density at radius 3 is 1.08 bits per heavy atom. The van der Waals surface area contributed by atoms with Gasteiger partial charge >= 0.3 is 9.05 Å². The molecule has 146 valence electrons. The summed E-state index contributed by atoms with van der Waals surface area (Å²) in [5.74, 6) is 0. The molecule has 0 aromatic rings. The van der Waals surface area contributed by atoms with Gasteiger partial charge in [-0.25, -0.2) is 0 Å². The molecule has 0 saturated heterocycles. The van der Waals surface area contributed by atoms with Crippen molar-refractivity contribution in [2.75, 3.05) is 26.9 Å². The third kappa shape index (κ3) is 13.4. The maximum Gasteiger partial charge on any atom is 0.679 e. The molecule has 0 spiro atoms. The lowest BCUT2D eigenvalue weighted by Crippen LogP contribution is -2.49. The molecule has 0 saturated carbocycles. The number of rotatable bonds is 19. The van der Waals surface area contributed by atoms with Crippen molar-refractivity contribution in [2.45, 2.75) is 97.8 Å². The fourth-order valence-electron chi connectivity index (χ4n) is 2.48. The molecule has 0 aromatic heterocycles. The van der Waals surface area contributed by atoms with Gasteiger partial charge in [0.15, 0.2) is 0 Å². The van der Waals surface area contributed by atoms with Crippen LogP contribution in [0.15, 0.2) is 0 Å². The molecule has 0 aliphatic heterocycles. The zero-order chi connectivity index (χ0) is 17.9. The van der Waals surface area contributed by atoms with Crippen LogP contribution in [0.1, 0.15) is 97.8 Å². The van der Waals surface area contributed by atoms with Crippen LogP contribution in [0, 0.1) is 0 Å². The summed E-state index contributed by atoms with van der Waals surface area (Å²) in [6, 6.07) is 0. The second-order valence-electron chi connectivity index (χ2n) is 6.43. The van der Waals surface area contributed by atoms with Crippen LogP contribution in [-0.2, 0) is 17.7 Å². The van der Waals surface area contributed by atoms with Crippen LogP contribution in [0.2, 0.25) is 0 Å². The summed E-state index contributed by atoms with van der Waals surface area (Å²) in [6.45, 7) is 8.66. The maximum atomic E-state index is 6.01. The van der Waals surface area contributed by atoms with Gasteiger partial charge in [0.25, 0.3) is 0 Å². The van der Waals surface area contributed by atoms with Crippen molar-refractivity contribution in [3.8, 4) is 0 Å². The van der Waals surface area contributed by atoms with Crippen molar-refractivity contribution >= 4 is 9.05 Å². The van der Waals surface area contributed by atoms with Crippen molar-refractivity contribution in [1.29, 1.82) is 0 Å². The van der Waals surface area contributed by atoms with E-state index in [4.69, 9.17) is 17.7 Å². The highest BCUT2D eigenvalue weighted by Crippen LogP contribution is 2.15. The molecule has 4 nitrogen and oxygen atoms in total. The summed E-state index contributed by atoms with van der Waals surface area (Å²) in [7, 11) is -1.29. The first kappa shape index (κ1) is 24.1. The summed E-state index contributed by atoms with van der Waals surface area (Å²) < 4.78 is 23.7. The van der Waals surface area contributed by atoms with Crippen LogP contribution in [0.5, 0.6) is 0 Å². The Morgan fingerprint density at radius 1 is 0.500 bits per heavy atom. The van der Waals surface area contributed by atoms with Gasteiger partial charge in [-0.1, -0.05) is 78.6 Å². The standard InChI is InChI=1S/C19H42O4Si/c1-5-8-11-14-17-21-24(20-4,22-18-15-12-9-6-2)23-19-16-13-10-7-3/h5-19H2,1-4H3. The van der Waals surface area contributed by atoms with Crippen LogP contribution in [0.25, 0.3) is 0 Å². The average molecular weight is 363 g/mol. The minimum absolute atomic E-state index is 0.671. The first-order valence-corrected chi connectivity index (χ1v) is 11.8. The highest BCUT2D eigenvalue weighted by atomic mass is 28.4. The molecule has 0 aliphatic carbocycles. The molecule has 0 bridgehead atoms. The molecule has 0 aliphatic rings. The highest BCUT2D eigenvalue weighted by Gasteiger charge is 2.44. The monoisotopic (exact) mass is 362 g/mol. The van der Waals surface area contributed by atoms with E-state index in [1.54, 1.807) is 7.11 Å². The lowest BCUT2D eigenvalue weighted by atomic mass is 10.2. The van der Waals surface area contributed by atoms with E-state index < -0.39 is 9.05 Å². The summed E-state index contributed by atoms with van der Waals surface area (Å²) in [5, 5.41) is 0. The second kappa shape index (κ2) is 17.9. The Kier molecular flexibility index (Phi) is 17.9. The molecule has 24 heavy (non-hydrogen) atoms.